The first-order valence-electron chi connectivity index (χ1n) is 5.61. The van der Waals surface area contributed by atoms with E-state index in [0.717, 1.165) is 10.0 Å². The number of aryl methyl sites for hydroxylation is 2. The first-order chi connectivity index (χ1) is 8.56. The highest BCUT2D eigenvalue weighted by atomic mass is 79.9. The molecular formula is C15H13BrOS. The van der Waals surface area contributed by atoms with E-state index < -0.39 is 0 Å². The molecule has 3 heteroatoms. The Morgan fingerprint density at radius 2 is 2.06 bits per heavy atom. The molecule has 0 amide bonds. The lowest BCUT2D eigenvalue weighted by molar-refractivity contribution is 0.104. The zero-order valence-corrected chi connectivity index (χ0v) is 12.6. The van der Waals surface area contributed by atoms with Gasteiger partial charge in [-0.1, -0.05) is 28.1 Å². The van der Waals surface area contributed by atoms with Crippen molar-refractivity contribution in [3.63, 3.8) is 0 Å². The van der Waals surface area contributed by atoms with Crippen LogP contribution in [0, 0.1) is 13.8 Å². The molecule has 0 aliphatic carbocycles. The predicted molar refractivity (Wildman–Crippen MR) is 81.3 cm³/mol. The van der Waals surface area contributed by atoms with Crippen molar-refractivity contribution in [2.24, 2.45) is 0 Å². The molecule has 0 saturated carbocycles. The number of hydrogen-bond acceptors (Lipinski definition) is 2. The smallest absolute Gasteiger partial charge is 0.185 e. The van der Waals surface area contributed by atoms with Gasteiger partial charge in [0.15, 0.2) is 5.78 Å². The predicted octanol–water partition coefficient (Wildman–Crippen LogP) is 5.02. The fourth-order valence-electron chi connectivity index (χ4n) is 1.72. The third kappa shape index (κ3) is 3.18. The number of ketones is 1. The van der Waals surface area contributed by atoms with Crippen LogP contribution in [0.5, 0.6) is 0 Å². The summed E-state index contributed by atoms with van der Waals surface area (Å²) in [4.78, 5) is 14.5. The molecule has 0 N–H and O–H groups in total. The first-order valence-corrected chi connectivity index (χ1v) is 7.22. The third-order valence-electron chi connectivity index (χ3n) is 2.60. The second kappa shape index (κ2) is 5.63. The summed E-state index contributed by atoms with van der Waals surface area (Å²) in [6.45, 7) is 4.14. The second-order valence-electron chi connectivity index (χ2n) is 4.08. The molecule has 0 aliphatic rings. The quantitative estimate of drug-likeness (QED) is 0.573. The van der Waals surface area contributed by atoms with Crippen molar-refractivity contribution < 1.29 is 4.79 Å². The van der Waals surface area contributed by atoms with E-state index in [2.05, 4.69) is 35.8 Å². The Balaban J connectivity index is 2.19. The summed E-state index contributed by atoms with van der Waals surface area (Å²) >= 11 is 5.12. The summed E-state index contributed by atoms with van der Waals surface area (Å²) < 4.78 is 0.921. The normalized spacial score (nSPS) is 11.1. The number of carbonyl (C=O) groups excluding carboxylic acids is 1. The van der Waals surface area contributed by atoms with Gasteiger partial charge in [-0.15, -0.1) is 11.3 Å². The molecule has 1 nitrogen and oxygen atoms in total. The van der Waals surface area contributed by atoms with E-state index >= 15 is 0 Å². The number of hydrogen-bond donors (Lipinski definition) is 0. The molecule has 0 spiro atoms. The molecule has 0 saturated heterocycles. The monoisotopic (exact) mass is 320 g/mol. The van der Waals surface area contributed by atoms with Crippen LogP contribution in [0.2, 0.25) is 0 Å². The molecule has 0 unspecified atom stereocenters. The summed E-state index contributed by atoms with van der Waals surface area (Å²) in [6.07, 6.45) is 3.53. The van der Waals surface area contributed by atoms with E-state index in [9.17, 15) is 4.79 Å². The van der Waals surface area contributed by atoms with Gasteiger partial charge in [-0.3, -0.25) is 4.79 Å². The van der Waals surface area contributed by atoms with Gasteiger partial charge >= 0.3 is 0 Å². The number of carbonyl (C=O) groups is 1. The second-order valence-corrected chi connectivity index (χ2v) is 6.45. The van der Waals surface area contributed by atoms with Crippen molar-refractivity contribution >= 4 is 39.1 Å². The number of benzene rings is 1. The number of rotatable bonds is 3. The molecule has 2 aromatic rings. The van der Waals surface area contributed by atoms with Crippen molar-refractivity contribution in [2.45, 2.75) is 13.8 Å². The number of thiophene rings is 1. The molecule has 0 atom stereocenters. The van der Waals surface area contributed by atoms with Crippen LogP contribution >= 0.6 is 27.3 Å². The maximum Gasteiger partial charge on any atom is 0.185 e. The highest BCUT2D eigenvalue weighted by Gasteiger charge is 2.03. The van der Waals surface area contributed by atoms with E-state index in [1.165, 1.54) is 9.75 Å². The van der Waals surface area contributed by atoms with Crippen LogP contribution in [-0.4, -0.2) is 5.78 Å². The average molecular weight is 321 g/mol. The van der Waals surface area contributed by atoms with Crippen LogP contribution in [-0.2, 0) is 0 Å². The topological polar surface area (TPSA) is 17.1 Å². The van der Waals surface area contributed by atoms with Gasteiger partial charge in [0.2, 0.25) is 0 Å². The van der Waals surface area contributed by atoms with Crippen molar-refractivity contribution in [2.75, 3.05) is 0 Å². The van der Waals surface area contributed by atoms with Crippen LogP contribution in [0.4, 0.5) is 0 Å². The molecule has 18 heavy (non-hydrogen) atoms. The molecule has 1 aromatic heterocycles. The van der Waals surface area contributed by atoms with Crippen LogP contribution in [0.25, 0.3) is 6.08 Å². The minimum absolute atomic E-state index is 0.0274. The Hall–Kier alpha value is -1.19. The highest BCUT2D eigenvalue weighted by molar-refractivity contribution is 9.10. The van der Waals surface area contributed by atoms with Gasteiger partial charge in [0.05, 0.1) is 0 Å². The minimum Gasteiger partial charge on any atom is -0.289 e. The summed E-state index contributed by atoms with van der Waals surface area (Å²) in [5.41, 5.74) is 1.83. The summed E-state index contributed by atoms with van der Waals surface area (Å²) in [5.74, 6) is 0.0274. The van der Waals surface area contributed by atoms with Crippen LogP contribution in [0.3, 0.4) is 0 Å². The Bertz CT molecular complexity index is 611. The molecule has 0 bridgehead atoms. The summed E-state index contributed by atoms with van der Waals surface area (Å²) in [7, 11) is 0. The molecule has 0 aliphatic heterocycles. The molecule has 1 heterocycles. The van der Waals surface area contributed by atoms with E-state index in [-0.39, 0.29) is 5.78 Å². The standard InChI is InChI=1S/C15H13BrOS/c1-10-8-12(11(2)18-10)6-7-15(17)13-4-3-5-14(16)9-13/h3-9H,1-2H3/b7-6+. The summed E-state index contributed by atoms with van der Waals surface area (Å²) in [5, 5.41) is 0. The van der Waals surface area contributed by atoms with Gasteiger partial charge in [0.1, 0.15) is 0 Å². The largest absolute Gasteiger partial charge is 0.289 e. The Kier molecular flexibility index (Phi) is 4.15. The van der Waals surface area contributed by atoms with Gasteiger partial charge in [-0.25, -0.2) is 0 Å². The zero-order chi connectivity index (χ0) is 13.1. The van der Waals surface area contributed by atoms with Crippen molar-refractivity contribution in [1.82, 2.24) is 0 Å². The van der Waals surface area contributed by atoms with E-state index in [1.54, 1.807) is 17.4 Å². The Morgan fingerprint density at radius 3 is 2.67 bits per heavy atom. The zero-order valence-electron chi connectivity index (χ0n) is 10.2. The maximum atomic E-state index is 12.0. The number of halogens is 1. The van der Waals surface area contributed by atoms with Gasteiger partial charge in [-0.2, -0.15) is 0 Å². The fourth-order valence-corrected chi connectivity index (χ4v) is 3.03. The summed E-state index contributed by atoms with van der Waals surface area (Å²) in [6, 6.07) is 9.53. The average Bonchev–Trinajstić information content (AvgIpc) is 2.65. The minimum atomic E-state index is 0.0274. The fraction of sp³-hybridized carbons (Fsp3) is 0.133. The van der Waals surface area contributed by atoms with E-state index in [1.807, 2.05) is 30.3 Å². The Morgan fingerprint density at radius 1 is 1.28 bits per heavy atom. The van der Waals surface area contributed by atoms with Gasteiger partial charge in [0.25, 0.3) is 0 Å². The SMILES string of the molecule is Cc1cc(/C=C/C(=O)c2cccc(Br)c2)c(C)s1. The first kappa shape index (κ1) is 13.2. The molecule has 2 rings (SSSR count). The van der Waals surface area contributed by atoms with Crippen molar-refractivity contribution in [3.05, 3.63) is 61.8 Å². The lowest BCUT2D eigenvalue weighted by Crippen LogP contribution is -1.93. The van der Waals surface area contributed by atoms with Crippen molar-refractivity contribution in [3.8, 4) is 0 Å². The Labute approximate surface area is 119 Å². The molecule has 92 valence electrons. The van der Waals surface area contributed by atoms with Crippen molar-refractivity contribution in [1.29, 1.82) is 0 Å². The molecular weight excluding hydrogens is 308 g/mol. The van der Waals surface area contributed by atoms with E-state index in [4.69, 9.17) is 0 Å². The lowest BCUT2D eigenvalue weighted by Gasteiger charge is -1.96. The molecule has 0 fully saturated rings. The van der Waals surface area contributed by atoms with Gasteiger partial charge < -0.3 is 0 Å². The van der Waals surface area contributed by atoms with Gasteiger partial charge in [0, 0.05) is 19.8 Å². The van der Waals surface area contributed by atoms with Gasteiger partial charge in [-0.05, 0) is 49.8 Å². The van der Waals surface area contributed by atoms with Crippen LogP contribution in [0.15, 0.2) is 40.9 Å². The maximum absolute atomic E-state index is 12.0. The van der Waals surface area contributed by atoms with E-state index in [0.29, 0.717) is 5.56 Å². The number of allylic oxidation sites excluding steroid dienone is 1. The van der Waals surface area contributed by atoms with Crippen LogP contribution in [0.1, 0.15) is 25.7 Å². The highest BCUT2D eigenvalue weighted by Crippen LogP contribution is 2.22. The third-order valence-corrected chi connectivity index (χ3v) is 4.08. The molecule has 1 aromatic carbocycles. The van der Waals surface area contributed by atoms with Crippen LogP contribution < -0.4 is 0 Å². The lowest BCUT2D eigenvalue weighted by atomic mass is 10.1. The molecule has 0 radical (unpaired) electrons.